The smallest absolute Gasteiger partial charge is 0.269 e. The zero-order valence-corrected chi connectivity index (χ0v) is 20.7. The average Bonchev–Trinajstić information content (AvgIpc) is 2.88. The molecule has 3 aromatic rings. The van der Waals surface area contributed by atoms with Crippen molar-refractivity contribution >= 4 is 21.6 Å². The van der Waals surface area contributed by atoms with Crippen LogP contribution >= 0.6 is 0 Å². The van der Waals surface area contributed by atoms with Crippen LogP contribution in [0.25, 0.3) is 0 Å². The second-order valence-corrected chi connectivity index (χ2v) is 9.56. The molecule has 0 radical (unpaired) electrons. The molecule has 1 atom stereocenters. The largest absolute Gasteiger partial charge is 0.493 e. The first-order valence-electron chi connectivity index (χ1n) is 11.0. The Labute approximate surface area is 209 Å². The molecule has 11 heteroatoms. The van der Waals surface area contributed by atoms with Gasteiger partial charge in [-0.1, -0.05) is 36.4 Å². The first kappa shape index (κ1) is 26.6. The summed E-state index contributed by atoms with van der Waals surface area (Å²) in [5.74, 6) is 0.665. The number of nitrogens with zero attached hydrogens (tertiary/aromatic N) is 1. The van der Waals surface area contributed by atoms with Crippen LogP contribution in [0, 0.1) is 10.1 Å². The number of rotatable bonds is 12. The second kappa shape index (κ2) is 12.1. The Balaban J connectivity index is 1.73. The maximum absolute atomic E-state index is 13.0. The SMILES string of the molecule is COc1ccc(CCNC(=O)C(Cc2ccccc2)NS(=O)(=O)c2ccc([N+](=O)[O-])cc2)cc1OC. The van der Waals surface area contributed by atoms with Crippen molar-refractivity contribution in [3.63, 3.8) is 0 Å². The normalized spacial score (nSPS) is 11.9. The van der Waals surface area contributed by atoms with Crippen LogP contribution in [0.1, 0.15) is 11.1 Å². The molecule has 0 aliphatic rings. The maximum atomic E-state index is 13.0. The Kier molecular flexibility index (Phi) is 8.98. The predicted octanol–water partition coefficient (Wildman–Crippen LogP) is 2.86. The van der Waals surface area contributed by atoms with Crippen molar-refractivity contribution in [1.29, 1.82) is 0 Å². The van der Waals surface area contributed by atoms with Crippen LogP contribution in [-0.4, -0.2) is 46.1 Å². The lowest BCUT2D eigenvalue weighted by molar-refractivity contribution is -0.384. The number of amides is 1. The van der Waals surface area contributed by atoms with Gasteiger partial charge < -0.3 is 14.8 Å². The zero-order chi connectivity index (χ0) is 26.1. The highest BCUT2D eigenvalue weighted by molar-refractivity contribution is 7.89. The Hall–Kier alpha value is -3.96. The number of nitro benzene ring substituents is 1. The van der Waals surface area contributed by atoms with Crippen LogP contribution in [-0.2, 0) is 27.7 Å². The second-order valence-electron chi connectivity index (χ2n) is 7.84. The third-order valence-electron chi connectivity index (χ3n) is 5.42. The fraction of sp³-hybridized carbons (Fsp3) is 0.240. The van der Waals surface area contributed by atoms with E-state index in [1.54, 1.807) is 37.4 Å². The molecule has 0 aliphatic heterocycles. The molecule has 36 heavy (non-hydrogen) atoms. The molecular formula is C25H27N3O7S. The number of methoxy groups -OCH3 is 2. The third kappa shape index (κ3) is 7.03. The van der Waals surface area contributed by atoms with Gasteiger partial charge >= 0.3 is 0 Å². The summed E-state index contributed by atoms with van der Waals surface area (Å²) in [7, 11) is -1.04. The van der Waals surface area contributed by atoms with Crippen LogP contribution in [0.3, 0.4) is 0 Å². The van der Waals surface area contributed by atoms with Crippen molar-refractivity contribution in [2.24, 2.45) is 0 Å². The van der Waals surface area contributed by atoms with E-state index in [9.17, 15) is 23.3 Å². The maximum Gasteiger partial charge on any atom is 0.269 e. The number of non-ortho nitro benzene ring substituents is 1. The van der Waals surface area contributed by atoms with Crippen LogP contribution in [0.2, 0.25) is 0 Å². The summed E-state index contributed by atoms with van der Waals surface area (Å²) >= 11 is 0. The van der Waals surface area contributed by atoms with Gasteiger partial charge in [0.15, 0.2) is 11.5 Å². The molecule has 10 nitrogen and oxygen atoms in total. The number of benzene rings is 3. The summed E-state index contributed by atoms with van der Waals surface area (Å²) < 4.78 is 38.9. The Morgan fingerprint density at radius 1 is 0.944 bits per heavy atom. The van der Waals surface area contributed by atoms with Crippen molar-refractivity contribution < 1.29 is 27.6 Å². The van der Waals surface area contributed by atoms with Crippen molar-refractivity contribution in [2.45, 2.75) is 23.8 Å². The first-order valence-corrected chi connectivity index (χ1v) is 12.5. The van der Waals surface area contributed by atoms with Crippen LogP contribution in [0.5, 0.6) is 11.5 Å². The topological polar surface area (TPSA) is 137 Å². The molecule has 1 unspecified atom stereocenters. The van der Waals surface area contributed by atoms with Crippen LogP contribution in [0.4, 0.5) is 5.69 Å². The molecule has 0 saturated heterocycles. The summed E-state index contributed by atoms with van der Waals surface area (Å²) in [6.45, 7) is 0.263. The van der Waals surface area contributed by atoms with E-state index in [1.165, 1.54) is 7.11 Å². The minimum atomic E-state index is -4.12. The van der Waals surface area contributed by atoms with E-state index in [0.717, 1.165) is 35.4 Å². The van der Waals surface area contributed by atoms with Crippen LogP contribution < -0.4 is 19.5 Å². The minimum absolute atomic E-state index is 0.120. The molecule has 2 N–H and O–H groups in total. The van der Waals surface area contributed by atoms with Crippen molar-refractivity contribution in [1.82, 2.24) is 10.0 Å². The molecule has 0 saturated carbocycles. The summed E-state index contributed by atoms with van der Waals surface area (Å²) in [6.07, 6.45) is 0.606. The summed E-state index contributed by atoms with van der Waals surface area (Å²) in [4.78, 5) is 23.1. The average molecular weight is 514 g/mol. The fourth-order valence-electron chi connectivity index (χ4n) is 3.53. The quantitative estimate of drug-likeness (QED) is 0.281. The zero-order valence-electron chi connectivity index (χ0n) is 19.8. The number of nitro groups is 1. The highest BCUT2D eigenvalue weighted by Crippen LogP contribution is 2.27. The van der Waals surface area contributed by atoms with E-state index in [-0.39, 0.29) is 23.5 Å². The highest BCUT2D eigenvalue weighted by atomic mass is 32.2. The van der Waals surface area contributed by atoms with Gasteiger partial charge in [-0.2, -0.15) is 4.72 Å². The van der Waals surface area contributed by atoms with Crippen molar-refractivity contribution in [3.05, 3.63) is 94.0 Å². The molecule has 190 valence electrons. The summed E-state index contributed by atoms with van der Waals surface area (Å²) in [5.41, 5.74) is 1.44. The molecular weight excluding hydrogens is 486 g/mol. The Bertz CT molecular complexity index is 1300. The Morgan fingerprint density at radius 2 is 1.61 bits per heavy atom. The molecule has 0 heterocycles. The van der Waals surface area contributed by atoms with Gasteiger partial charge in [0.1, 0.15) is 6.04 Å². The Morgan fingerprint density at radius 3 is 2.22 bits per heavy atom. The third-order valence-corrected chi connectivity index (χ3v) is 6.90. The van der Waals surface area contributed by atoms with Gasteiger partial charge in [-0.15, -0.1) is 0 Å². The minimum Gasteiger partial charge on any atom is -0.493 e. The van der Waals surface area contributed by atoms with Crippen LogP contribution in [0.15, 0.2) is 77.7 Å². The number of hydrogen-bond donors (Lipinski definition) is 2. The molecule has 0 spiro atoms. The van der Waals surface area contributed by atoms with E-state index < -0.39 is 26.9 Å². The molecule has 0 aliphatic carbocycles. The lowest BCUT2D eigenvalue weighted by Crippen LogP contribution is -2.48. The van der Waals surface area contributed by atoms with Gasteiger partial charge in [0.2, 0.25) is 15.9 Å². The van der Waals surface area contributed by atoms with E-state index in [0.29, 0.717) is 17.9 Å². The molecule has 0 fully saturated rings. The van der Waals surface area contributed by atoms with Crippen molar-refractivity contribution in [2.75, 3.05) is 20.8 Å². The molecule has 3 rings (SSSR count). The van der Waals surface area contributed by atoms with E-state index in [4.69, 9.17) is 9.47 Å². The van der Waals surface area contributed by atoms with Gasteiger partial charge in [0.25, 0.3) is 5.69 Å². The number of nitrogens with one attached hydrogen (secondary N) is 2. The van der Waals surface area contributed by atoms with Gasteiger partial charge in [-0.3, -0.25) is 14.9 Å². The van der Waals surface area contributed by atoms with E-state index in [2.05, 4.69) is 10.0 Å². The fourth-order valence-corrected chi connectivity index (χ4v) is 4.72. The van der Waals surface area contributed by atoms with E-state index in [1.807, 2.05) is 18.2 Å². The summed E-state index contributed by atoms with van der Waals surface area (Å²) in [5, 5.41) is 13.7. The number of carbonyl (C=O) groups excluding carboxylic acids is 1. The van der Waals surface area contributed by atoms with Gasteiger partial charge in [-0.25, -0.2) is 8.42 Å². The first-order chi connectivity index (χ1) is 17.2. The van der Waals surface area contributed by atoms with Gasteiger partial charge in [0, 0.05) is 18.7 Å². The molecule has 3 aromatic carbocycles. The monoisotopic (exact) mass is 513 g/mol. The lowest BCUT2D eigenvalue weighted by atomic mass is 10.1. The number of sulfonamides is 1. The predicted molar refractivity (Wildman–Crippen MR) is 134 cm³/mol. The van der Waals surface area contributed by atoms with Crippen molar-refractivity contribution in [3.8, 4) is 11.5 Å². The van der Waals surface area contributed by atoms with E-state index >= 15 is 0 Å². The number of ether oxygens (including phenoxy) is 2. The lowest BCUT2D eigenvalue weighted by Gasteiger charge is -2.19. The number of hydrogen-bond acceptors (Lipinski definition) is 7. The summed E-state index contributed by atoms with van der Waals surface area (Å²) in [6, 6.07) is 17.8. The van der Waals surface area contributed by atoms with Gasteiger partial charge in [0.05, 0.1) is 24.0 Å². The number of carbonyl (C=O) groups is 1. The molecule has 1 amide bonds. The molecule has 0 aromatic heterocycles. The highest BCUT2D eigenvalue weighted by Gasteiger charge is 2.26. The standard InChI is InChI=1S/C25H27N3O7S/c1-34-23-13-8-19(17-24(23)35-2)14-15-26-25(29)22(16-18-6-4-3-5-7-18)27-36(32,33)21-11-9-20(10-12-21)28(30)31/h3-13,17,22,27H,14-16H2,1-2H3,(H,26,29). The van der Waals surface area contributed by atoms with Gasteiger partial charge in [-0.05, 0) is 48.2 Å². The molecule has 0 bridgehead atoms.